The standard InChI is InChI=1S/C21H18F2N6O/c1-28-19-12-25-16(9-14(19)10-26-28)18-11-24-15-3-2-13(8-17(15)27-18)20(30)29-6-4-21(22,23)5-7-29/h2-3,8-12H,4-7H2,1H3. The first kappa shape index (κ1) is 18.5. The molecule has 1 amide bonds. The summed E-state index contributed by atoms with van der Waals surface area (Å²) in [6, 6.07) is 6.92. The molecule has 1 aliphatic heterocycles. The van der Waals surface area contributed by atoms with Crippen LogP contribution in [-0.4, -0.2) is 54.6 Å². The van der Waals surface area contributed by atoms with Crippen molar-refractivity contribution in [3.63, 3.8) is 0 Å². The number of piperidine rings is 1. The van der Waals surface area contributed by atoms with Gasteiger partial charge in [-0.2, -0.15) is 5.10 Å². The fraction of sp³-hybridized carbons (Fsp3) is 0.286. The Morgan fingerprint density at radius 1 is 1.00 bits per heavy atom. The molecule has 4 aromatic rings. The highest BCUT2D eigenvalue weighted by molar-refractivity contribution is 5.97. The number of hydrogen-bond donors (Lipinski definition) is 0. The van der Waals surface area contributed by atoms with Gasteiger partial charge in [0.1, 0.15) is 5.69 Å². The molecule has 1 fully saturated rings. The second kappa shape index (κ2) is 6.79. The van der Waals surface area contributed by atoms with Crippen LogP contribution in [0.2, 0.25) is 0 Å². The Labute approximate surface area is 170 Å². The fourth-order valence-corrected chi connectivity index (χ4v) is 3.68. The first-order valence-corrected chi connectivity index (χ1v) is 9.62. The van der Waals surface area contributed by atoms with Crippen LogP contribution in [0.4, 0.5) is 8.78 Å². The van der Waals surface area contributed by atoms with Crippen molar-refractivity contribution < 1.29 is 13.6 Å². The lowest BCUT2D eigenvalue weighted by atomic mass is 10.1. The van der Waals surface area contributed by atoms with E-state index in [9.17, 15) is 13.6 Å². The first-order chi connectivity index (χ1) is 14.4. The van der Waals surface area contributed by atoms with Crippen molar-refractivity contribution in [1.29, 1.82) is 0 Å². The van der Waals surface area contributed by atoms with E-state index in [1.807, 2.05) is 13.1 Å². The second-order valence-electron chi connectivity index (χ2n) is 7.50. The molecule has 0 saturated carbocycles. The molecule has 0 spiro atoms. The van der Waals surface area contributed by atoms with E-state index in [1.54, 1.807) is 41.5 Å². The van der Waals surface area contributed by atoms with Crippen molar-refractivity contribution in [2.24, 2.45) is 7.05 Å². The second-order valence-corrected chi connectivity index (χ2v) is 7.50. The Bertz CT molecular complexity index is 1280. The molecule has 3 aromatic heterocycles. The van der Waals surface area contributed by atoms with Crippen molar-refractivity contribution in [2.75, 3.05) is 13.1 Å². The number of amides is 1. The molecule has 0 radical (unpaired) electrons. The van der Waals surface area contributed by atoms with Gasteiger partial charge in [0, 0.05) is 43.9 Å². The number of carbonyl (C=O) groups is 1. The van der Waals surface area contributed by atoms with Crippen LogP contribution in [0.15, 0.2) is 42.9 Å². The van der Waals surface area contributed by atoms with E-state index >= 15 is 0 Å². The molecule has 7 nitrogen and oxygen atoms in total. The van der Waals surface area contributed by atoms with Crippen LogP contribution in [0.3, 0.4) is 0 Å². The highest BCUT2D eigenvalue weighted by Gasteiger charge is 2.35. The summed E-state index contributed by atoms with van der Waals surface area (Å²) in [5.41, 5.74) is 3.74. The number of halogens is 2. The summed E-state index contributed by atoms with van der Waals surface area (Å²) >= 11 is 0. The van der Waals surface area contributed by atoms with Crippen molar-refractivity contribution >= 4 is 27.8 Å². The van der Waals surface area contributed by atoms with E-state index in [0.29, 0.717) is 28.0 Å². The molecule has 30 heavy (non-hydrogen) atoms. The Balaban J connectivity index is 1.47. The minimum Gasteiger partial charge on any atom is -0.338 e. The molecule has 5 rings (SSSR count). The van der Waals surface area contributed by atoms with Gasteiger partial charge in [0.05, 0.1) is 40.8 Å². The Morgan fingerprint density at radius 2 is 1.80 bits per heavy atom. The van der Waals surface area contributed by atoms with Gasteiger partial charge in [0.2, 0.25) is 0 Å². The number of pyridine rings is 1. The molecule has 0 bridgehead atoms. The van der Waals surface area contributed by atoms with Crippen molar-refractivity contribution in [1.82, 2.24) is 29.6 Å². The smallest absolute Gasteiger partial charge is 0.253 e. The first-order valence-electron chi connectivity index (χ1n) is 9.62. The maximum Gasteiger partial charge on any atom is 0.253 e. The lowest BCUT2D eigenvalue weighted by molar-refractivity contribution is -0.0494. The van der Waals surface area contributed by atoms with E-state index in [-0.39, 0.29) is 31.8 Å². The third-order valence-corrected chi connectivity index (χ3v) is 5.47. The van der Waals surface area contributed by atoms with Crippen molar-refractivity contribution in [3.05, 3.63) is 48.4 Å². The summed E-state index contributed by atoms with van der Waals surface area (Å²) in [5, 5.41) is 5.16. The van der Waals surface area contributed by atoms with Gasteiger partial charge in [-0.05, 0) is 24.3 Å². The van der Waals surface area contributed by atoms with Crippen molar-refractivity contribution in [2.45, 2.75) is 18.8 Å². The number of aromatic nitrogens is 5. The summed E-state index contributed by atoms with van der Waals surface area (Å²) in [4.78, 5) is 27.7. The molecule has 0 N–H and O–H groups in total. The molecular weight excluding hydrogens is 390 g/mol. The average molecular weight is 408 g/mol. The number of benzene rings is 1. The Morgan fingerprint density at radius 3 is 2.60 bits per heavy atom. The van der Waals surface area contributed by atoms with Crippen molar-refractivity contribution in [3.8, 4) is 11.4 Å². The maximum atomic E-state index is 13.4. The zero-order valence-corrected chi connectivity index (χ0v) is 16.2. The van der Waals surface area contributed by atoms with E-state index < -0.39 is 5.92 Å². The molecule has 152 valence electrons. The molecule has 0 atom stereocenters. The Kier molecular flexibility index (Phi) is 4.19. The topological polar surface area (TPSA) is 76.8 Å². The summed E-state index contributed by atoms with van der Waals surface area (Å²) in [5.74, 6) is -2.96. The minimum atomic E-state index is -2.69. The molecule has 1 aliphatic rings. The van der Waals surface area contributed by atoms with Crippen LogP contribution in [0.25, 0.3) is 33.3 Å². The number of carbonyl (C=O) groups excluding carboxylic acids is 1. The maximum absolute atomic E-state index is 13.4. The highest BCUT2D eigenvalue weighted by Crippen LogP contribution is 2.29. The van der Waals surface area contributed by atoms with E-state index in [2.05, 4.69) is 20.1 Å². The summed E-state index contributed by atoms with van der Waals surface area (Å²) < 4.78 is 28.5. The number of aryl methyl sites for hydroxylation is 1. The number of likely N-dealkylation sites (tertiary alicyclic amines) is 1. The monoisotopic (exact) mass is 408 g/mol. The predicted octanol–water partition coefficient (Wildman–Crippen LogP) is 3.45. The lowest BCUT2D eigenvalue weighted by Crippen LogP contribution is -2.42. The molecule has 1 aromatic carbocycles. The predicted molar refractivity (Wildman–Crippen MR) is 107 cm³/mol. The number of fused-ring (bicyclic) bond motifs is 2. The number of hydrogen-bond acceptors (Lipinski definition) is 5. The minimum absolute atomic E-state index is 0.0463. The molecule has 9 heteroatoms. The van der Waals surface area contributed by atoms with Gasteiger partial charge in [-0.1, -0.05) is 0 Å². The average Bonchev–Trinajstić information content (AvgIpc) is 3.12. The molecule has 0 unspecified atom stereocenters. The van der Waals surface area contributed by atoms with Crippen LogP contribution in [-0.2, 0) is 7.05 Å². The zero-order chi connectivity index (χ0) is 20.9. The third-order valence-electron chi connectivity index (χ3n) is 5.47. The third kappa shape index (κ3) is 3.26. The SMILES string of the molecule is Cn1ncc2cc(-c3cnc4ccc(C(=O)N5CCC(F)(F)CC5)cc4n3)ncc21. The van der Waals surface area contributed by atoms with Gasteiger partial charge in [-0.25, -0.2) is 13.8 Å². The van der Waals surface area contributed by atoms with Crippen LogP contribution in [0.1, 0.15) is 23.2 Å². The van der Waals surface area contributed by atoms with E-state index in [4.69, 9.17) is 0 Å². The van der Waals surface area contributed by atoms with E-state index in [1.165, 1.54) is 4.90 Å². The summed E-state index contributed by atoms with van der Waals surface area (Å²) in [6.45, 7) is 0.0925. The quantitative estimate of drug-likeness (QED) is 0.508. The van der Waals surface area contributed by atoms with Gasteiger partial charge < -0.3 is 4.90 Å². The highest BCUT2D eigenvalue weighted by atomic mass is 19.3. The van der Waals surface area contributed by atoms with E-state index in [0.717, 1.165) is 10.9 Å². The van der Waals surface area contributed by atoms with Crippen LogP contribution < -0.4 is 0 Å². The summed E-state index contributed by atoms with van der Waals surface area (Å²) in [7, 11) is 1.85. The lowest BCUT2D eigenvalue weighted by Gasteiger charge is -2.31. The van der Waals surface area contributed by atoms with Gasteiger partial charge in [-0.3, -0.25) is 19.4 Å². The number of rotatable bonds is 2. The van der Waals surface area contributed by atoms with Gasteiger partial charge in [-0.15, -0.1) is 0 Å². The van der Waals surface area contributed by atoms with Gasteiger partial charge in [0.15, 0.2) is 0 Å². The molecule has 1 saturated heterocycles. The van der Waals surface area contributed by atoms with Crippen LogP contribution in [0.5, 0.6) is 0 Å². The largest absolute Gasteiger partial charge is 0.338 e. The number of alkyl halides is 2. The van der Waals surface area contributed by atoms with Crippen LogP contribution >= 0.6 is 0 Å². The zero-order valence-electron chi connectivity index (χ0n) is 16.2. The van der Waals surface area contributed by atoms with Gasteiger partial charge >= 0.3 is 0 Å². The van der Waals surface area contributed by atoms with Gasteiger partial charge in [0.25, 0.3) is 11.8 Å². The normalized spacial score (nSPS) is 16.3. The molecule has 4 heterocycles. The fourth-order valence-electron chi connectivity index (χ4n) is 3.68. The number of nitrogens with zero attached hydrogens (tertiary/aromatic N) is 6. The molecule has 0 aliphatic carbocycles. The summed E-state index contributed by atoms with van der Waals surface area (Å²) in [6.07, 6.45) is 4.52. The van der Waals surface area contributed by atoms with Crippen LogP contribution in [0, 0.1) is 0 Å². The molecular formula is C21H18F2N6O. The Hall–Kier alpha value is -3.49.